The van der Waals surface area contributed by atoms with E-state index in [0.717, 1.165) is 42.1 Å². The molecule has 0 aliphatic carbocycles. The zero-order valence-electron chi connectivity index (χ0n) is 16.1. The molecule has 0 atom stereocenters. The van der Waals surface area contributed by atoms with Gasteiger partial charge < -0.3 is 14.8 Å². The van der Waals surface area contributed by atoms with Crippen molar-refractivity contribution in [2.24, 2.45) is 4.99 Å². The lowest BCUT2D eigenvalue weighted by atomic mass is 10.2. The lowest BCUT2D eigenvalue weighted by Gasteiger charge is -2.21. The molecule has 7 heteroatoms. The van der Waals surface area contributed by atoms with Gasteiger partial charge in [-0.2, -0.15) is 0 Å². The summed E-state index contributed by atoms with van der Waals surface area (Å²) in [6.07, 6.45) is 3.84. The van der Waals surface area contributed by atoms with Crippen molar-refractivity contribution in [3.63, 3.8) is 0 Å². The van der Waals surface area contributed by atoms with Crippen LogP contribution in [0.4, 0.5) is 0 Å². The highest BCUT2D eigenvalue weighted by Gasteiger charge is 2.10. The molecule has 0 unspecified atom stereocenters. The number of imidazole rings is 1. The zero-order chi connectivity index (χ0) is 19.1. The summed E-state index contributed by atoms with van der Waals surface area (Å²) in [6.45, 7) is 6.98. The number of nitrogens with one attached hydrogen (secondary N) is 1. The molecule has 1 aromatic carbocycles. The standard InChI is InChI=1S/C20H26N6S/c1-4-21-20(25(3)14-18-15-27-16(2)24-18)23-12-19-22-10-11-26(19)13-17-8-6-5-7-9-17/h5-11,15H,4,12-14H2,1-3H3,(H,21,23). The number of nitrogens with zero attached hydrogens (tertiary/aromatic N) is 5. The van der Waals surface area contributed by atoms with Crippen molar-refractivity contribution in [3.05, 3.63) is 70.2 Å². The minimum atomic E-state index is 0.530. The molecule has 0 radical (unpaired) electrons. The number of aryl methyl sites for hydroxylation is 1. The van der Waals surface area contributed by atoms with E-state index in [9.17, 15) is 0 Å². The van der Waals surface area contributed by atoms with Crippen molar-refractivity contribution in [1.29, 1.82) is 0 Å². The summed E-state index contributed by atoms with van der Waals surface area (Å²) in [6, 6.07) is 10.4. The molecule has 6 nitrogen and oxygen atoms in total. The number of thiazole rings is 1. The normalized spacial score (nSPS) is 11.6. The third-order valence-corrected chi connectivity index (χ3v) is 4.95. The second-order valence-corrected chi connectivity index (χ2v) is 7.40. The molecule has 0 saturated carbocycles. The molecule has 1 N–H and O–H groups in total. The van der Waals surface area contributed by atoms with Crippen LogP contribution in [0.25, 0.3) is 0 Å². The Morgan fingerprint density at radius 2 is 2.11 bits per heavy atom. The van der Waals surface area contributed by atoms with Crippen molar-refractivity contribution in [2.75, 3.05) is 13.6 Å². The highest BCUT2D eigenvalue weighted by Crippen LogP contribution is 2.10. The van der Waals surface area contributed by atoms with Gasteiger partial charge in [0.05, 0.1) is 17.2 Å². The summed E-state index contributed by atoms with van der Waals surface area (Å²) >= 11 is 1.67. The first kappa shape index (κ1) is 19.1. The minimum absolute atomic E-state index is 0.530. The lowest BCUT2D eigenvalue weighted by molar-refractivity contribution is 0.470. The maximum absolute atomic E-state index is 4.78. The van der Waals surface area contributed by atoms with Gasteiger partial charge in [-0.3, -0.25) is 0 Å². The molecule has 0 bridgehead atoms. The predicted octanol–water partition coefficient (Wildman–Crippen LogP) is 3.29. The van der Waals surface area contributed by atoms with Crippen molar-refractivity contribution in [2.45, 2.75) is 33.5 Å². The summed E-state index contributed by atoms with van der Waals surface area (Å²) < 4.78 is 2.15. The van der Waals surface area contributed by atoms with Gasteiger partial charge in [-0.15, -0.1) is 11.3 Å². The van der Waals surface area contributed by atoms with Gasteiger partial charge in [-0.1, -0.05) is 30.3 Å². The summed E-state index contributed by atoms with van der Waals surface area (Å²) in [5.74, 6) is 1.81. The topological polar surface area (TPSA) is 58.3 Å². The van der Waals surface area contributed by atoms with Crippen molar-refractivity contribution in [3.8, 4) is 0 Å². The number of rotatable bonds is 7. The third kappa shape index (κ3) is 5.40. The van der Waals surface area contributed by atoms with Crippen LogP contribution in [0, 0.1) is 6.92 Å². The first-order valence-corrected chi connectivity index (χ1v) is 9.98. The number of aliphatic imine (C=N–C) groups is 1. The average Bonchev–Trinajstić information content (AvgIpc) is 3.28. The summed E-state index contributed by atoms with van der Waals surface area (Å²) in [5, 5.41) is 6.54. The Kier molecular flexibility index (Phi) is 6.59. The number of guanidine groups is 1. The van der Waals surface area contributed by atoms with Gasteiger partial charge in [0.2, 0.25) is 0 Å². The van der Waals surface area contributed by atoms with E-state index in [1.165, 1.54) is 5.56 Å². The SMILES string of the molecule is CCNC(=NCc1nccn1Cc1ccccc1)N(C)Cc1csc(C)n1. The second-order valence-electron chi connectivity index (χ2n) is 6.34. The molecule has 0 aliphatic heterocycles. The van der Waals surface area contributed by atoms with Gasteiger partial charge >= 0.3 is 0 Å². The first-order valence-electron chi connectivity index (χ1n) is 9.10. The molecule has 0 aliphatic rings. The Bertz CT molecular complexity index is 867. The van der Waals surface area contributed by atoms with E-state index in [4.69, 9.17) is 4.99 Å². The van der Waals surface area contributed by atoms with Gasteiger partial charge in [0, 0.05) is 37.9 Å². The number of hydrogen-bond acceptors (Lipinski definition) is 4. The Morgan fingerprint density at radius 3 is 2.81 bits per heavy atom. The van der Waals surface area contributed by atoms with Crippen LogP contribution in [0.2, 0.25) is 0 Å². The number of aromatic nitrogens is 3. The Labute approximate surface area is 164 Å². The van der Waals surface area contributed by atoms with Crippen molar-refractivity contribution >= 4 is 17.3 Å². The first-order chi connectivity index (χ1) is 13.2. The number of hydrogen-bond donors (Lipinski definition) is 1. The van der Waals surface area contributed by atoms with Crippen molar-refractivity contribution < 1.29 is 0 Å². The molecule has 3 aromatic rings. The summed E-state index contributed by atoms with van der Waals surface area (Å²) in [5.41, 5.74) is 2.32. The molecule has 27 heavy (non-hydrogen) atoms. The van der Waals surface area contributed by atoms with E-state index in [0.29, 0.717) is 6.54 Å². The maximum atomic E-state index is 4.78. The summed E-state index contributed by atoms with van der Waals surface area (Å²) in [4.78, 5) is 15.9. The minimum Gasteiger partial charge on any atom is -0.357 e. The molecule has 2 heterocycles. The molecule has 142 valence electrons. The molecule has 3 rings (SSSR count). The van der Waals surface area contributed by atoms with Gasteiger partial charge in [-0.05, 0) is 19.4 Å². The van der Waals surface area contributed by atoms with Gasteiger partial charge in [0.25, 0.3) is 0 Å². The highest BCUT2D eigenvalue weighted by atomic mass is 32.1. The van der Waals surface area contributed by atoms with E-state index >= 15 is 0 Å². The van der Waals surface area contributed by atoms with E-state index in [1.54, 1.807) is 11.3 Å². The molecular formula is C20H26N6S. The Morgan fingerprint density at radius 1 is 1.30 bits per heavy atom. The molecule has 0 fully saturated rings. The molecule has 0 amide bonds. The van der Waals surface area contributed by atoms with E-state index in [-0.39, 0.29) is 0 Å². The largest absolute Gasteiger partial charge is 0.357 e. The third-order valence-electron chi connectivity index (χ3n) is 4.13. The van der Waals surface area contributed by atoms with E-state index in [1.807, 2.05) is 32.4 Å². The molecule has 0 saturated heterocycles. The van der Waals surface area contributed by atoms with Crippen LogP contribution >= 0.6 is 11.3 Å². The highest BCUT2D eigenvalue weighted by molar-refractivity contribution is 7.09. The Balaban J connectivity index is 1.69. The molecule has 2 aromatic heterocycles. The van der Waals surface area contributed by atoms with E-state index in [2.05, 4.69) is 61.3 Å². The fourth-order valence-electron chi connectivity index (χ4n) is 2.83. The van der Waals surface area contributed by atoms with E-state index < -0.39 is 0 Å². The Hall–Kier alpha value is -2.67. The van der Waals surface area contributed by atoms with Crippen LogP contribution in [0.5, 0.6) is 0 Å². The van der Waals surface area contributed by atoms with Crippen LogP contribution in [0.3, 0.4) is 0 Å². The zero-order valence-corrected chi connectivity index (χ0v) is 16.9. The van der Waals surface area contributed by atoms with Crippen LogP contribution in [-0.2, 0) is 19.6 Å². The van der Waals surface area contributed by atoms with Crippen LogP contribution in [-0.4, -0.2) is 39.0 Å². The fraction of sp³-hybridized carbons (Fsp3) is 0.350. The molecular weight excluding hydrogens is 356 g/mol. The quantitative estimate of drug-likeness (QED) is 0.503. The maximum Gasteiger partial charge on any atom is 0.194 e. The van der Waals surface area contributed by atoms with Gasteiger partial charge in [0.15, 0.2) is 5.96 Å². The average molecular weight is 383 g/mol. The van der Waals surface area contributed by atoms with Gasteiger partial charge in [-0.25, -0.2) is 15.0 Å². The smallest absolute Gasteiger partial charge is 0.194 e. The number of benzene rings is 1. The second kappa shape index (κ2) is 9.32. The predicted molar refractivity (Wildman–Crippen MR) is 111 cm³/mol. The lowest BCUT2D eigenvalue weighted by Crippen LogP contribution is -2.38. The van der Waals surface area contributed by atoms with Crippen LogP contribution in [0.15, 0.2) is 53.1 Å². The monoisotopic (exact) mass is 382 g/mol. The van der Waals surface area contributed by atoms with Crippen LogP contribution < -0.4 is 5.32 Å². The van der Waals surface area contributed by atoms with Crippen LogP contribution in [0.1, 0.15) is 29.0 Å². The summed E-state index contributed by atoms with van der Waals surface area (Å²) in [7, 11) is 2.03. The van der Waals surface area contributed by atoms with Crippen molar-refractivity contribution in [1.82, 2.24) is 24.8 Å². The molecule has 0 spiro atoms. The fourth-order valence-corrected chi connectivity index (χ4v) is 3.43. The van der Waals surface area contributed by atoms with Gasteiger partial charge in [0.1, 0.15) is 12.4 Å².